The van der Waals surface area contributed by atoms with Crippen LogP contribution in [0.15, 0.2) is 17.0 Å². The van der Waals surface area contributed by atoms with Gasteiger partial charge in [-0.3, -0.25) is 0 Å². The Morgan fingerprint density at radius 1 is 1.20 bits per heavy atom. The second-order valence-electron chi connectivity index (χ2n) is 1.73. The maximum absolute atomic E-state index is 9.18. The molecular weight excluding hydrogens is 374 g/mol. The minimum absolute atomic E-state index is 0.322. The quantitative estimate of drug-likeness (QED) is 0.526. The summed E-state index contributed by atoms with van der Waals surface area (Å²) >= 11 is 8.43. The monoisotopic (exact) mass is 378 g/mol. The van der Waals surface area contributed by atoms with Crippen LogP contribution in [0.3, 0.4) is 0 Å². The molecule has 0 spiro atoms. The zero-order valence-electron chi connectivity index (χ0n) is 4.81. The first-order chi connectivity index (χ1) is 4.63. The largest absolute Gasteiger partial charge is 0.507 e. The molecule has 0 aromatic heterocycles. The van der Waals surface area contributed by atoms with Crippen LogP contribution in [0.25, 0.3) is 0 Å². The fourth-order valence-electron chi connectivity index (χ4n) is 0.529. The van der Waals surface area contributed by atoms with Crippen molar-refractivity contribution in [3.05, 3.63) is 19.3 Å². The van der Waals surface area contributed by atoms with Crippen molar-refractivity contribution < 1.29 is 5.11 Å². The number of hydrogen-bond acceptors (Lipinski definition) is 2. The minimum Gasteiger partial charge on any atom is -0.507 e. The Hall–Kier alpha value is 0.830. The highest BCUT2D eigenvalue weighted by Crippen LogP contribution is 2.28. The fraction of sp³-hybridized carbons (Fsp3) is 0. The van der Waals surface area contributed by atoms with E-state index in [1.165, 1.54) is 0 Å². The molecule has 0 atom stereocenters. The van der Waals surface area contributed by atoms with Crippen LogP contribution in [-0.2, 0) is 0 Å². The molecule has 54 valence electrons. The lowest BCUT2D eigenvalue weighted by atomic mass is 10.3. The second kappa shape index (κ2) is 3.48. The van der Waals surface area contributed by atoms with Crippen molar-refractivity contribution in [2.75, 3.05) is 0 Å². The first-order valence-corrected chi connectivity index (χ1v) is 5.09. The first kappa shape index (κ1) is 8.92. The van der Waals surface area contributed by atoms with E-state index in [9.17, 15) is 5.11 Å². The Labute approximate surface area is 91.9 Å². The molecule has 1 aromatic carbocycles. The number of rotatable bonds is 0. The number of hydrogen-bond donors (Lipinski definition) is 2. The molecule has 10 heavy (non-hydrogen) atoms. The first-order valence-electron chi connectivity index (χ1n) is 2.49. The van der Waals surface area contributed by atoms with Crippen LogP contribution < -0.4 is 0 Å². The molecular formula is C6H4I2OS. The zero-order valence-corrected chi connectivity index (χ0v) is 10.0. The van der Waals surface area contributed by atoms with Gasteiger partial charge < -0.3 is 5.11 Å². The third kappa shape index (κ3) is 1.70. The summed E-state index contributed by atoms with van der Waals surface area (Å²) in [6, 6.07) is 3.43. The lowest BCUT2D eigenvalue weighted by Crippen LogP contribution is -1.81. The van der Waals surface area contributed by atoms with E-state index in [0.29, 0.717) is 5.75 Å². The average Bonchev–Trinajstić information content (AvgIpc) is 1.93. The predicted molar refractivity (Wildman–Crippen MR) is 60.8 cm³/mol. The van der Waals surface area contributed by atoms with E-state index >= 15 is 0 Å². The molecule has 0 saturated heterocycles. The normalized spacial score (nSPS) is 9.90. The smallest absolute Gasteiger partial charge is 0.130 e. The van der Waals surface area contributed by atoms with Crippen LogP contribution >= 0.6 is 57.8 Å². The van der Waals surface area contributed by atoms with E-state index in [1.807, 2.05) is 0 Å². The molecule has 1 rings (SSSR count). The van der Waals surface area contributed by atoms with Crippen LogP contribution in [0, 0.1) is 7.14 Å². The van der Waals surface area contributed by atoms with Crippen molar-refractivity contribution in [1.82, 2.24) is 0 Å². The lowest BCUT2D eigenvalue weighted by molar-refractivity contribution is 0.470. The molecule has 1 N–H and O–H groups in total. The van der Waals surface area contributed by atoms with Gasteiger partial charge in [-0.2, -0.15) is 0 Å². The van der Waals surface area contributed by atoms with Crippen molar-refractivity contribution in [3.63, 3.8) is 0 Å². The van der Waals surface area contributed by atoms with Crippen LogP contribution in [0.1, 0.15) is 0 Å². The van der Waals surface area contributed by atoms with Gasteiger partial charge in [-0.15, -0.1) is 12.6 Å². The van der Waals surface area contributed by atoms with Gasteiger partial charge in [-0.25, -0.2) is 0 Å². The molecule has 0 saturated carbocycles. The lowest BCUT2D eigenvalue weighted by Gasteiger charge is -2.01. The van der Waals surface area contributed by atoms with Crippen molar-refractivity contribution in [1.29, 1.82) is 0 Å². The van der Waals surface area contributed by atoms with Crippen LogP contribution in [0.4, 0.5) is 0 Å². The molecule has 1 nitrogen and oxygen atoms in total. The highest BCUT2D eigenvalue weighted by Gasteiger charge is 2.03. The molecule has 0 fully saturated rings. The minimum atomic E-state index is 0.322. The van der Waals surface area contributed by atoms with Gasteiger partial charge in [0.25, 0.3) is 0 Å². The summed E-state index contributed by atoms with van der Waals surface area (Å²) in [7, 11) is 0. The molecule has 0 aliphatic carbocycles. The number of halogens is 2. The van der Waals surface area contributed by atoms with E-state index in [1.54, 1.807) is 12.1 Å². The van der Waals surface area contributed by atoms with E-state index < -0.39 is 0 Å². The second-order valence-corrected chi connectivity index (χ2v) is 4.37. The van der Waals surface area contributed by atoms with Gasteiger partial charge in [0.1, 0.15) is 5.75 Å². The van der Waals surface area contributed by atoms with Crippen molar-refractivity contribution in [3.8, 4) is 5.75 Å². The topological polar surface area (TPSA) is 20.2 Å². The molecule has 0 radical (unpaired) electrons. The van der Waals surface area contributed by atoms with Gasteiger partial charge in [0.15, 0.2) is 0 Å². The van der Waals surface area contributed by atoms with E-state index in [4.69, 9.17) is 0 Å². The van der Waals surface area contributed by atoms with Gasteiger partial charge in [-0.05, 0) is 57.3 Å². The fourth-order valence-corrected chi connectivity index (χ4v) is 1.86. The number of thiol groups is 1. The summed E-state index contributed by atoms with van der Waals surface area (Å²) in [5, 5.41) is 9.18. The molecule has 4 heteroatoms. The van der Waals surface area contributed by atoms with E-state index in [0.717, 1.165) is 12.0 Å². The number of phenolic OH excluding ortho intramolecular Hbond substituents is 1. The van der Waals surface area contributed by atoms with Crippen LogP contribution in [-0.4, -0.2) is 5.11 Å². The summed E-state index contributed by atoms with van der Waals surface area (Å²) in [6.07, 6.45) is 0. The third-order valence-electron chi connectivity index (χ3n) is 1.04. The Bertz CT molecular complexity index is 235. The molecule has 0 aliphatic heterocycles. The number of benzene rings is 1. The Morgan fingerprint density at radius 2 is 1.80 bits per heavy atom. The van der Waals surface area contributed by atoms with Gasteiger partial charge in [0.05, 0.1) is 3.57 Å². The van der Waals surface area contributed by atoms with E-state index in [-0.39, 0.29) is 0 Å². The Balaban J connectivity index is 3.34. The van der Waals surface area contributed by atoms with Crippen molar-refractivity contribution in [2.24, 2.45) is 0 Å². The zero-order chi connectivity index (χ0) is 7.72. The van der Waals surface area contributed by atoms with Crippen LogP contribution in [0.5, 0.6) is 5.75 Å². The third-order valence-corrected chi connectivity index (χ3v) is 5.09. The highest BCUT2D eigenvalue weighted by atomic mass is 127. The maximum atomic E-state index is 9.18. The average molecular weight is 378 g/mol. The SMILES string of the molecule is Oc1ccc(S)c(I)c1I. The molecule has 1 aromatic rings. The standard InChI is InChI=1S/C6H4I2OS/c7-5-3(9)1-2-4(10)6(5)8/h1-2,9-10H. The highest BCUT2D eigenvalue weighted by molar-refractivity contribution is 14.1. The molecule has 0 amide bonds. The van der Waals surface area contributed by atoms with Gasteiger partial charge in [-0.1, -0.05) is 0 Å². The maximum Gasteiger partial charge on any atom is 0.130 e. The van der Waals surface area contributed by atoms with Crippen LogP contribution in [0.2, 0.25) is 0 Å². The Kier molecular flexibility index (Phi) is 3.11. The molecule has 0 heterocycles. The summed E-state index contributed by atoms with van der Waals surface area (Å²) in [5.41, 5.74) is 0. The van der Waals surface area contributed by atoms with Crippen molar-refractivity contribution >= 4 is 57.8 Å². The van der Waals surface area contributed by atoms with E-state index in [2.05, 4.69) is 57.8 Å². The molecule has 0 aliphatic rings. The van der Waals surface area contributed by atoms with Gasteiger partial charge in [0.2, 0.25) is 0 Å². The Morgan fingerprint density at radius 3 is 2.30 bits per heavy atom. The summed E-state index contributed by atoms with van der Waals surface area (Å²) in [5.74, 6) is 0.322. The summed E-state index contributed by atoms with van der Waals surface area (Å²) in [4.78, 5) is 0.905. The number of aromatic hydroxyl groups is 1. The van der Waals surface area contributed by atoms with Gasteiger partial charge in [0, 0.05) is 8.47 Å². The summed E-state index contributed by atoms with van der Waals surface area (Å²) < 4.78 is 1.87. The van der Waals surface area contributed by atoms with Gasteiger partial charge >= 0.3 is 0 Å². The van der Waals surface area contributed by atoms with Crippen molar-refractivity contribution in [2.45, 2.75) is 4.90 Å². The number of phenols is 1. The molecule has 0 unspecified atom stereocenters. The summed E-state index contributed by atoms with van der Waals surface area (Å²) in [6.45, 7) is 0. The molecule has 0 bridgehead atoms. The predicted octanol–water partition coefficient (Wildman–Crippen LogP) is 2.89.